The first-order chi connectivity index (χ1) is 44.7. The van der Waals surface area contributed by atoms with Crippen LogP contribution in [0.4, 0.5) is 13.2 Å². The number of alkyl halides is 3. The zero-order valence-electron chi connectivity index (χ0n) is 56.6. The van der Waals surface area contributed by atoms with Crippen molar-refractivity contribution in [2.45, 2.75) is 237 Å². The van der Waals surface area contributed by atoms with Gasteiger partial charge in [-0.2, -0.15) is 13.2 Å². The number of aliphatic hydroxyl groups is 9. The second-order valence-electron chi connectivity index (χ2n) is 27.1. The van der Waals surface area contributed by atoms with Gasteiger partial charge in [0, 0.05) is 61.7 Å². The molecular formula is C78H113F3O13. The van der Waals surface area contributed by atoms with E-state index in [1.165, 1.54) is 29.3 Å². The van der Waals surface area contributed by atoms with Gasteiger partial charge < -0.3 is 50.7 Å². The fraction of sp³-hybridized carbons (Fsp3) is 0.603. The molecule has 3 aromatic rings. The molecule has 6 rings (SSSR count). The molecule has 3 aliphatic carbocycles. The van der Waals surface area contributed by atoms with E-state index in [1.807, 2.05) is 96.2 Å². The number of ether oxygens (including phenoxy) is 1. The first-order valence-electron chi connectivity index (χ1n) is 34.7. The van der Waals surface area contributed by atoms with Gasteiger partial charge in [0.05, 0.1) is 54.4 Å². The molecular weight excluding hydrogens is 1200 g/mol. The van der Waals surface area contributed by atoms with E-state index in [0.717, 1.165) is 82.8 Å². The van der Waals surface area contributed by atoms with E-state index in [4.69, 9.17) is 4.74 Å². The van der Waals surface area contributed by atoms with Crippen molar-refractivity contribution in [3.63, 3.8) is 0 Å². The highest BCUT2D eigenvalue weighted by Gasteiger charge is 2.42. The van der Waals surface area contributed by atoms with Crippen LogP contribution in [0.2, 0.25) is 0 Å². The van der Waals surface area contributed by atoms with Gasteiger partial charge in [0.15, 0.2) is 0 Å². The summed E-state index contributed by atoms with van der Waals surface area (Å²) >= 11 is 0. The largest absolute Gasteiger partial charge is 0.491 e. The van der Waals surface area contributed by atoms with Crippen molar-refractivity contribution in [3.05, 3.63) is 162 Å². The van der Waals surface area contributed by atoms with Gasteiger partial charge in [0.25, 0.3) is 0 Å². The molecule has 0 spiro atoms. The van der Waals surface area contributed by atoms with Crippen LogP contribution in [0, 0.1) is 53.3 Å². The zero-order chi connectivity index (χ0) is 69.2. The summed E-state index contributed by atoms with van der Waals surface area (Å²) in [5, 5.41) is 93.0. The van der Waals surface area contributed by atoms with Crippen molar-refractivity contribution in [2.24, 2.45) is 53.3 Å². The van der Waals surface area contributed by atoms with Crippen molar-refractivity contribution < 1.29 is 78.3 Å². The number of hydrogen-bond donors (Lipinski definition) is 9. The number of Topliss-reactive ketones (excluding diaryl/α,β-unsaturated/α-hetero) is 3. The third-order valence-electron chi connectivity index (χ3n) is 18.6. The quantitative estimate of drug-likeness (QED) is 0.0193. The van der Waals surface area contributed by atoms with Gasteiger partial charge >= 0.3 is 6.18 Å². The fourth-order valence-corrected chi connectivity index (χ4v) is 12.6. The lowest BCUT2D eigenvalue weighted by atomic mass is 9.85. The molecule has 15 atom stereocenters. The number of aliphatic hydroxyl groups excluding tert-OH is 9. The number of ketones is 3. The Balaban J connectivity index is 0.000000301. The average molecular weight is 1320 g/mol. The van der Waals surface area contributed by atoms with Crippen LogP contribution in [0.25, 0.3) is 0 Å². The maximum atomic E-state index is 12.8. The predicted octanol–water partition coefficient (Wildman–Crippen LogP) is 13.4. The van der Waals surface area contributed by atoms with Crippen molar-refractivity contribution in [2.75, 3.05) is 6.61 Å². The number of halogens is 3. The maximum Gasteiger partial charge on any atom is 0.416 e. The highest BCUT2D eigenvalue weighted by Crippen LogP contribution is 2.40. The Kier molecular flexibility index (Phi) is 37.7. The molecule has 0 aliphatic heterocycles. The Morgan fingerprint density at radius 1 is 0.489 bits per heavy atom. The summed E-state index contributed by atoms with van der Waals surface area (Å²) in [4.78, 5) is 35.0. The normalized spacial score (nSPS) is 25.0. The summed E-state index contributed by atoms with van der Waals surface area (Å²) in [6.45, 7) is 11.2. The summed E-state index contributed by atoms with van der Waals surface area (Å²) in [5.74, 6) is 0.350. The summed E-state index contributed by atoms with van der Waals surface area (Å²) in [5.41, 5.74) is 1.59. The molecule has 0 aromatic heterocycles. The van der Waals surface area contributed by atoms with Gasteiger partial charge in [-0.1, -0.05) is 169 Å². The van der Waals surface area contributed by atoms with Crippen molar-refractivity contribution >= 4 is 17.3 Å². The average Bonchev–Trinajstić information content (AvgIpc) is 1.70. The minimum atomic E-state index is -4.48. The molecule has 0 amide bonds. The standard InChI is InChI=1S/C26H35F3O5.C26H40O4.C26H38O4/c1-17(2)23(31)11-6-4-3-5-10-21-22(25(33)15-24(21)32)13-12-19(30)16-34-20-9-7-8-18(14-20)26(27,28)29;2*1-19(2)24(28)13-9-4-3-8-12-22-23(26(30)18-25(22)29)17-16-21(27)15-14-20-10-6-5-7-11-20/h3,5,7-9,12-14,17,19,21-22,24-25,30,32-33H,4,6,10-11,15-16H2,1-2H3;3,5-8,10-11,19,21-23,25-27,29-30H,4,9,12-18H2,1-2H3;3,5-8,10-11,16-17,19,21-23,25-27,29-30H,4,9,12-15,18H2,1-2H3/b5-3-,13-12+;8-3-;8-3-,17-16+/t19-,21-,22-,24+,25-;2*21-,22+,23+,25-,26+/m100/s1. The highest BCUT2D eigenvalue weighted by atomic mass is 19.4. The van der Waals surface area contributed by atoms with E-state index in [-0.39, 0.29) is 83.9 Å². The zero-order valence-corrected chi connectivity index (χ0v) is 56.6. The number of carbonyl (C=O) groups is 3. The number of allylic oxidation sites excluding steroid dienone is 6. The molecule has 94 heavy (non-hydrogen) atoms. The van der Waals surface area contributed by atoms with Crippen LogP contribution in [0.15, 0.2) is 146 Å². The molecule has 0 unspecified atom stereocenters. The SMILES string of the molecule is CC(C)C(=O)CCC/C=C\C[C@@H]1[C@@H](/C=C/[C@@H](O)CCc2ccccc2)[C@H](O)C[C@@H]1O.CC(C)C(=O)CCC/C=C\C[C@@H]1[C@@H](/C=C/[C@@H](O)COc2cccc(C(F)(F)F)c2)[C@H](O)C[C@@H]1O.CC(C)C(=O)CCC/C=C\C[C@@H]1[C@@H](CC[C@@H](O)CCc2ccccc2)[C@H](O)C[C@@H]1O. The number of benzene rings is 3. The first-order valence-corrected chi connectivity index (χ1v) is 34.7. The number of unbranched alkanes of at least 4 members (excludes halogenated alkanes) is 3. The first kappa shape index (κ1) is 81.0. The number of carbonyl (C=O) groups excluding carboxylic acids is 3. The van der Waals surface area contributed by atoms with Crippen molar-refractivity contribution in [3.8, 4) is 5.75 Å². The summed E-state index contributed by atoms with van der Waals surface area (Å²) in [6, 6.07) is 24.7. The van der Waals surface area contributed by atoms with Gasteiger partial charge in [-0.25, -0.2) is 0 Å². The molecule has 3 fully saturated rings. The van der Waals surface area contributed by atoms with E-state index in [1.54, 1.807) is 12.2 Å². The summed E-state index contributed by atoms with van der Waals surface area (Å²) < 4.78 is 43.7. The Hall–Kier alpha value is -5.40. The Morgan fingerprint density at radius 2 is 0.894 bits per heavy atom. The molecule has 9 N–H and O–H groups in total. The minimum absolute atomic E-state index is 0.00305. The number of hydrogen-bond acceptors (Lipinski definition) is 13. The van der Waals surface area contributed by atoms with Crippen LogP contribution < -0.4 is 4.74 Å². The Morgan fingerprint density at radius 3 is 1.34 bits per heavy atom. The number of rotatable bonds is 37. The lowest BCUT2D eigenvalue weighted by Crippen LogP contribution is -2.23. The molecule has 3 aliphatic rings. The van der Waals surface area contributed by atoms with E-state index in [2.05, 4.69) is 48.6 Å². The minimum Gasteiger partial charge on any atom is -0.491 e. The van der Waals surface area contributed by atoms with Crippen LogP contribution in [0.3, 0.4) is 0 Å². The van der Waals surface area contributed by atoms with Crippen LogP contribution in [-0.4, -0.2) is 125 Å². The van der Waals surface area contributed by atoms with Crippen LogP contribution in [0.1, 0.15) is 180 Å². The molecule has 3 aromatic carbocycles. The van der Waals surface area contributed by atoms with Gasteiger partial charge in [-0.05, 0) is 156 Å². The van der Waals surface area contributed by atoms with E-state index < -0.39 is 60.6 Å². The molecule has 16 heteroatoms. The van der Waals surface area contributed by atoms with Gasteiger partial charge in [-0.3, -0.25) is 14.4 Å². The van der Waals surface area contributed by atoms with Crippen molar-refractivity contribution in [1.29, 1.82) is 0 Å². The van der Waals surface area contributed by atoms with E-state index in [0.29, 0.717) is 69.4 Å². The van der Waals surface area contributed by atoms with Crippen LogP contribution in [0.5, 0.6) is 5.75 Å². The molecule has 0 radical (unpaired) electrons. The molecule has 0 saturated heterocycles. The molecule has 524 valence electrons. The summed E-state index contributed by atoms with van der Waals surface area (Å²) in [7, 11) is 0. The smallest absolute Gasteiger partial charge is 0.416 e. The fourth-order valence-electron chi connectivity index (χ4n) is 12.6. The highest BCUT2D eigenvalue weighted by molar-refractivity contribution is 5.81. The Labute approximate surface area is 558 Å². The third kappa shape index (κ3) is 30.8. The molecule has 0 heterocycles. The third-order valence-corrected chi connectivity index (χ3v) is 18.6. The van der Waals surface area contributed by atoms with Gasteiger partial charge in [0.1, 0.15) is 35.8 Å². The van der Waals surface area contributed by atoms with E-state index >= 15 is 0 Å². The lowest BCUT2D eigenvalue weighted by molar-refractivity contribution is -0.137. The summed E-state index contributed by atoms with van der Waals surface area (Å²) in [6.07, 6.45) is 23.0. The second kappa shape index (κ2) is 43.7. The molecule has 13 nitrogen and oxygen atoms in total. The lowest BCUT2D eigenvalue weighted by Gasteiger charge is -2.23. The number of aryl methyl sites for hydroxylation is 2. The molecule has 0 bridgehead atoms. The topological polar surface area (TPSA) is 243 Å². The maximum absolute atomic E-state index is 12.8. The van der Waals surface area contributed by atoms with Gasteiger partial charge in [-0.15, -0.1) is 0 Å². The van der Waals surface area contributed by atoms with E-state index in [9.17, 15) is 73.5 Å². The monoisotopic (exact) mass is 1310 g/mol. The Bertz CT molecular complexity index is 2740. The molecule has 3 saturated carbocycles. The van der Waals surface area contributed by atoms with Gasteiger partial charge in [0.2, 0.25) is 0 Å². The van der Waals surface area contributed by atoms with Crippen LogP contribution >= 0.6 is 0 Å². The predicted molar refractivity (Wildman–Crippen MR) is 365 cm³/mol. The van der Waals surface area contributed by atoms with Crippen LogP contribution in [-0.2, 0) is 33.4 Å². The van der Waals surface area contributed by atoms with Crippen molar-refractivity contribution in [1.82, 2.24) is 0 Å². The second-order valence-corrected chi connectivity index (χ2v) is 27.1.